The Labute approximate surface area is 170 Å². The van der Waals surface area contributed by atoms with Crippen LogP contribution in [0.5, 0.6) is 0 Å². The summed E-state index contributed by atoms with van der Waals surface area (Å²) in [5.41, 5.74) is 0.967. The van der Waals surface area contributed by atoms with E-state index in [2.05, 4.69) is 32.8 Å². The molecule has 3 aliphatic heterocycles. The first-order chi connectivity index (χ1) is 14.1. The van der Waals surface area contributed by atoms with Crippen molar-refractivity contribution in [3.05, 3.63) is 48.1 Å². The fraction of sp³-hybridized carbons (Fsp3) is 0.476. The average Bonchev–Trinajstić information content (AvgIpc) is 3.50. The number of hydrogen-bond donors (Lipinski definition) is 3. The zero-order chi connectivity index (χ0) is 20.0. The van der Waals surface area contributed by atoms with Crippen LogP contribution in [-0.4, -0.2) is 57.9 Å². The van der Waals surface area contributed by atoms with E-state index in [0.717, 1.165) is 25.2 Å². The lowest BCUT2D eigenvalue weighted by Crippen LogP contribution is -2.56. The number of anilines is 1. The highest BCUT2D eigenvalue weighted by Gasteiger charge is 2.43. The Bertz CT molecular complexity index is 878. The predicted octanol–water partition coefficient (Wildman–Crippen LogP) is 1.62. The number of allylic oxidation sites excluding steroid dienone is 1. The molecule has 0 aromatic carbocycles. The van der Waals surface area contributed by atoms with Crippen molar-refractivity contribution in [1.82, 2.24) is 25.4 Å². The number of urea groups is 1. The normalized spacial score (nSPS) is 26.0. The third-order valence-electron chi connectivity index (χ3n) is 6.19. The maximum Gasteiger partial charge on any atom is 0.328 e. The second kappa shape index (κ2) is 7.09. The van der Waals surface area contributed by atoms with Crippen LogP contribution in [0.3, 0.4) is 0 Å². The van der Waals surface area contributed by atoms with Crippen LogP contribution in [-0.2, 0) is 4.79 Å². The van der Waals surface area contributed by atoms with Gasteiger partial charge in [-0.05, 0) is 50.3 Å². The highest BCUT2D eigenvalue weighted by molar-refractivity contribution is 5.91. The molecule has 152 valence electrons. The molecule has 3 N–H and O–H groups in total. The standard InChI is InChI=1S/C21H26N6O2/c1-13(14-5-6-14)23-20(28)16-7-8-17-19(24-16)27(15-9-11-26(17)12-15)21(29)25-18-4-2-3-10-22-18/h2-4,7-8,10,13-16,24H,5-6,9,11-12H2,1H3,(H,23,28)(H,22,25,29)/t13?,15-,16?/m0/s1. The van der Waals surface area contributed by atoms with E-state index in [1.807, 2.05) is 24.3 Å². The molecule has 1 saturated heterocycles. The van der Waals surface area contributed by atoms with Gasteiger partial charge in [0.2, 0.25) is 5.91 Å². The Morgan fingerprint density at radius 2 is 2.14 bits per heavy atom. The van der Waals surface area contributed by atoms with Crippen LogP contribution >= 0.6 is 0 Å². The smallest absolute Gasteiger partial charge is 0.328 e. The number of amides is 3. The van der Waals surface area contributed by atoms with Crippen LogP contribution in [0, 0.1) is 5.92 Å². The molecule has 8 nitrogen and oxygen atoms in total. The summed E-state index contributed by atoms with van der Waals surface area (Å²) >= 11 is 0. The van der Waals surface area contributed by atoms with Crippen molar-refractivity contribution in [2.45, 2.75) is 44.3 Å². The zero-order valence-electron chi connectivity index (χ0n) is 16.5. The Morgan fingerprint density at radius 3 is 2.90 bits per heavy atom. The third-order valence-corrected chi connectivity index (χ3v) is 6.19. The fourth-order valence-corrected chi connectivity index (χ4v) is 4.39. The minimum absolute atomic E-state index is 0.0507. The molecule has 1 aliphatic carbocycles. The lowest BCUT2D eigenvalue weighted by Gasteiger charge is -2.41. The molecule has 3 amide bonds. The van der Waals surface area contributed by atoms with Gasteiger partial charge >= 0.3 is 6.03 Å². The van der Waals surface area contributed by atoms with Gasteiger partial charge in [-0.1, -0.05) is 12.1 Å². The Balaban J connectivity index is 1.35. The summed E-state index contributed by atoms with van der Waals surface area (Å²) in [4.78, 5) is 34.1. The number of carbonyl (C=O) groups is 2. The molecule has 4 aliphatic rings. The van der Waals surface area contributed by atoms with E-state index < -0.39 is 6.04 Å². The molecular formula is C21H26N6O2. The monoisotopic (exact) mass is 394 g/mol. The van der Waals surface area contributed by atoms with Crippen molar-refractivity contribution in [3.63, 3.8) is 0 Å². The second-order valence-electron chi connectivity index (χ2n) is 8.25. The highest BCUT2D eigenvalue weighted by atomic mass is 16.2. The van der Waals surface area contributed by atoms with Crippen LogP contribution in [0.2, 0.25) is 0 Å². The van der Waals surface area contributed by atoms with Crippen molar-refractivity contribution < 1.29 is 9.59 Å². The molecule has 3 atom stereocenters. The summed E-state index contributed by atoms with van der Waals surface area (Å²) in [5, 5.41) is 9.32. The van der Waals surface area contributed by atoms with E-state index in [4.69, 9.17) is 0 Å². The molecule has 5 rings (SSSR count). The van der Waals surface area contributed by atoms with Crippen LogP contribution < -0.4 is 16.0 Å². The van der Waals surface area contributed by atoms with Crippen LogP contribution in [0.15, 0.2) is 48.1 Å². The summed E-state index contributed by atoms with van der Waals surface area (Å²) < 4.78 is 0. The maximum atomic E-state index is 13.1. The topological polar surface area (TPSA) is 89.6 Å². The van der Waals surface area contributed by atoms with E-state index in [1.54, 1.807) is 17.2 Å². The quantitative estimate of drug-likeness (QED) is 0.722. The third kappa shape index (κ3) is 3.43. The van der Waals surface area contributed by atoms with Gasteiger partial charge in [-0.25, -0.2) is 9.78 Å². The van der Waals surface area contributed by atoms with Crippen LogP contribution in [0.1, 0.15) is 26.2 Å². The average molecular weight is 394 g/mol. The molecule has 1 aromatic heterocycles. The SMILES string of the molecule is CC(NC(=O)C1C=CC2=C(N1)N(C(=O)Nc1ccccn1)[C@H]1CCN2C1)C1CC1. The fourth-order valence-electron chi connectivity index (χ4n) is 4.39. The summed E-state index contributed by atoms with van der Waals surface area (Å²) in [6.07, 6.45) is 8.78. The number of hydrogen-bond acceptors (Lipinski definition) is 5. The van der Waals surface area contributed by atoms with Gasteiger partial charge in [-0.15, -0.1) is 0 Å². The van der Waals surface area contributed by atoms with Crippen molar-refractivity contribution in [1.29, 1.82) is 0 Å². The van der Waals surface area contributed by atoms with E-state index in [0.29, 0.717) is 17.6 Å². The molecular weight excluding hydrogens is 368 g/mol. The van der Waals surface area contributed by atoms with Crippen LogP contribution in [0.4, 0.5) is 10.6 Å². The number of nitrogens with zero attached hydrogens (tertiary/aromatic N) is 3. The number of pyridine rings is 1. The molecule has 8 heteroatoms. The van der Waals surface area contributed by atoms with E-state index in [-0.39, 0.29) is 24.0 Å². The predicted molar refractivity (Wildman–Crippen MR) is 108 cm³/mol. The van der Waals surface area contributed by atoms with E-state index in [9.17, 15) is 9.59 Å². The van der Waals surface area contributed by atoms with Crippen molar-refractivity contribution >= 4 is 17.8 Å². The van der Waals surface area contributed by atoms with Gasteiger partial charge < -0.3 is 15.5 Å². The molecule has 2 unspecified atom stereocenters. The van der Waals surface area contributed by atoms with Gasteiger partial charge in [0.25, 0.3) is 0 Å². The van der Waals surface area contributed by atoms with E-state index >= 15 is 0 Å². The number of rotatable bonds is 4. The number of aromatic nitrogens is 1. The minimum Gasteiger partial charge on any atom is -0.366 e. The van der Waals surface area contributed by atoms with Gasteiger partial charge in [0.05, 0.1) is 11.7 Å². The largest absolute Gasteiger partial charge is 0.366 e. The molecule has 1 aromatic rings. The number of nitrogens with one attached hydrogen (secondary N) is 3. The first kappa shape index (κ1) is 18.0. The van der Waals surface area contributed by atoms with Gasteiger partial charge in [0, 0.05) is 25.3 Å². The van der Waals surface area contributed by atoms with Crippen molar-refractivity contribution in [2.24, 2.45) is 5.92 Å². The second-order valence-corrected chi connectivity index (χ2v) is 8.25. The highest BCUT2D eigenvalue weighted by Crippen LogP contribution is 2.34. The number of fused-ring (bicyclic) bond motifs is 3. The Morgan fingerprint density at radius 1 is 1.28 bits per heavy atom. The summed E-state index contributed by atoms with van der Waals surface area (Å²) in [6.45, 7) is 3.76. The molecule has 0 spiro atoms. The Kier molecular flexibility index (Phi) is 4.41. The molecule has 2 bridgehead atoms. The molecule has 1 saturated carbocycles. The van der Waals surface area contributed by atoms with Crippen molar-refractivity contribution in [2.75, 3.05) is 18.4 Å². The van der Waals surface area contributed by atoms with E-state index in [1.165, 1.54) is 12.8 Å². The Hall–Kier alpha value is -3.03. The minimum atomic E-state index is -0.487. The molecule has 0 radical (unpaired) electrons. The number of dihydropyridines is 1. The molecule has 2 fully saturated rings. The molecule has 29 heavy (non-hydrogen) atoms. The maximum absolute atomic E-state index is 13.1. The van der Waals surface area contributed by atoms with Crippen LogP contribution in [0.25, 0.3) is 0 Å². The first-order valence-corrected chi connectivity index (χ1v) is 10.4. The van der Waals surface area contributed by atoms with Gasteiger partial charge in [-0.2, -0.15) is 0 Å². The summed E-state index contributed by atoms with van der Waals surface area (Å²) in [5.74, 6) is 1.76. The lowest BCUT2D eigenvalue weighted by molar-refractivity contribution is -0.122. The van der Waals surface area contributed by atoms with Gasteiger partial charge in [0.15, 0.2) is 0 Å². The van der Waals surface area contributed by atoms with Gasteiger partial charge in [0.1, 0.15) is 17.7 Å². The lowest BCUT2D eigenvalue weighted by atomic mass is 10.1. The van der Waals surface area contributed by atoms with Gasteiger partial charge in [-0.3, -0.25) is 15.0 Å². The number of carbonyl (C=O) groups excluding carboxylic acids is 2. The summed E-state index contributed by atoms with van der Waals surface area (Å²) in [6, 6.07) is 4.96. The zero-order valence-corrected chi connectivity index (χ0v) is 16.5. The molecule has 4 heterocycles. The van der Waals surface area contributed by atoms with Crippen molar-refractivity contribution in [3.8, 4) is 0 Å². The summed E-state index contributed by atoms with van der Waals surface area (Å²) in [7, 11) is 0. The first-order valence-electron chi connectivity index (χ1n) is 10.4.